The fourth-order valence-corrected chi connectivity index (χ4v) is 2.65. The van der Waals surface area contributed by atoms with Crippen LogP contribution in [0.15, 0.2) is 12.3 Å². The van der Waals surface area contributed by atoms with Crippen LogP contribution in [-0.2, 0) is 11.8 Å². The number of hydrogen-bond acceptors (Lipinski definition) is 3. The summed E-state index contributed by atoms with van der Waals surface area (Å²) in [5, 5.41) is 4.53. The van der Waals surface area contributed by atoms with Crippen molar-refractivity contribution in [2.45, 2.75) is 31.7 Å². The summed E-state index contributed by atoms with van der Waals surface area (Å²) in [5.41, 5.74) is 1.24. The standard InChI is InChI=1S/C13H23N3O/c1-11(10-17-3)16-7-4-5-12(9-16)13-6-8-15(2)14-13/h6,8,11-12H,4-5,7,9-10H2,1-3H3. The molecule has 0 bridgehead atoms. The first-order valence-corrected chi connectivity index (χ1v) is 6.43. The molecule has 1 aromatic rings. The van der Waals surface area contributed by atoms with Gasteiger partial charge < -0.3 is 4.74 Å². The molecule has 1 aliphatic rings. The van der Waals surface area contributed by atoms with E-state index in [4.69, 9.17) is 4.74 Å². The molecule has 0 radical (unpaired) electrons. The number of rotatable bonds is 4. The van der Waals surface area contributed by atoms with Crippen molar-refractivity contribution in [1.29, 1.82) is 0 Å². The van der Waals surface area contributed by atoms with E-state index in [9.17, 15) is 0 Å². The number of hydrogen-bond donors (Lipinski definition) is 0. The lowest BCUT2D eigenvalue weighted by Crippen LogP contribution is -2.42. The highest BCUT2D eigenvalue weighted by atomic mass is 16.5. The van der Waals surface area contributed by atoms with Gasteiger partial charge in [-0.25, -0.2) is 0 Å². The van der Waals surface area contributed by atoms with Gasteiger partial charge in [0.2, 0.25) is 0 Å². The molecule has 1 aliphatic heterocycles. The Labute approximate surface area is 104 Å². The van der Waals surface area contributed by atoms with Crippen LogP contribution in [0.3, 0.4) is 0 Å². The third-order valence-corrected chi connectivity index (χ3v) is 3.64. The Hall–Kier alpha value is -0.870. The first-order valence-electron chi connectivity index (χ1n) is 6.43. The molecule has 2 heterocycles. The van der Waals surface area contributed by atoms with Crippen LogP contribution in [0.4, 0.5) is 0 Å². The molecule has 0 spiro atoms. The topological polar surface area (TPSA) is 30.3 Å². The summed E-state index contributed by atoms with van der Waals surface area (Å²) in [6.45, 7) is 5.36. The van der Waals surface area contributed by atoms with Crippen molar-refractivity contribution < 1.29 is 4.74 Å². The summed E-state index contributed by atoms with van der Waals surface area (Å²) in [6.07, 6.45) is 4.55. The van der Waals surface area contributed by atoms with E-state index in [1.807, 2.05) is 17.9 Å². The van der Waals surface area contributed by atoms with Gasteiger partial charge in [-0.05, 0) is 32.4 Å². The molecule has 4 heteroatoms. The number of piperidine rings is 1. The predicted octanol–water partition coefficient (Wildman–Crippen LogP) is 1.63. The van der Waals surface area contributed by atoms with Crippen molar-refractivity contribution in [3.63, 3.8) is 0 Å². The van der Waals surface area contributed by atoms with Gasteiger partial charge in [0.1, 0.15) is 0 Å². The van der Waals surface area contributed by atoms with Crippen molar-refractivity contribution in [3.8, 4) is 0 Å². The highest BCUT2D eigenvalue weighted by molar-refractivity contribution is 5.08. The van der Waals surface area contributed by atoms with Gasteiger partial charge in [-0.1, -0.05) is 0 Å². The average molecular weight is 237 g/mol. The molecule has 0 aliphatic carbocycles. The lowest BCUT2D eigenvalue weighted by molar-refractivity contribution is 0.0793. The Morgan fingerprint density at radius 1 is 1.59 bits per heavy atom. The van der Waals surface area contributed by atoms with Gasteiger partial charge in [-0.3, -0.25) is 9.58 Å². The van der Waals surface area contributed by atoms with Crippen molar-refractivity contribution >= 4 is 0 Å². The van der Waals surface area contributed by atoms with Gasteiger partial charge in [-0.2, -0.15) is 5.10 Å². The van der Waals surface area contributed by atoms with Gasteiger partial charge in [0, 0.05) is 38.9 Å². The number of nitrogens with zero attached hydrogens (tertiary/aromatic N) is 3. The largest absolute Gasteiger partial charge is 0.383 e. The lowest BCUT2D eigenvalue weighted by atomic mass is 9.94. The second-order valence-electron chi connectivity index (χ2n) is 5.05. The second-order valence-corrected chi connectivity index (χ2v) is 5.05. The molecular formula is C13H23N3O. The lowest BCUT2D eigenvalue weighted by Gasteiger charge is -2.35. The highest BCUT2D eigenvalue weighted by Crippen LogP contribution is 2.26. The molecule has 0 aromatic carbocycles. The molecular weight excluding hydrogens is 214 g/mol. The SMILES string of the molecule is COCC(C)N1CCCC(c2ccn(C)n2)C1. The van der Waals surface area contributed by atoms with E-state index < -0.39 is 0 Å². The van der Waals surface area contributed by atoms with E-state index in [1.165, 1.54) is 25.1 Å². The molecule has 1 fully saturated rings. The van der Waals surface area contributed by atoms with Crippen LogP contribution in [0.1, 0.15) is 31.4 Å². The number of aromatic nitrogens is 2. The first kappa shape index (κ1) is 12.6. The third-order valence-electron chi connectivity index (χ3n) is 3.64. The fraction of sp³-hybridized carbons (Fsp3) is 0.769. The minimum atomic E-state index is 0.506. The summed E-state index contributed by atoms with van der Waals surface area (Å²) >= 11 is 0. The fourth-order valence-electron chi connectivity index (χ4n) is 2.65. The molecule has 0 N–H and O–H groups in total. The molecule has 96 valence electrons. The zero-order chi connectivity index (χ0) is 12.3. The van der Waals surface area contributed by atoms with Crippen LogP contribution in [0.5, 0.6) is 0 Å². The van der Waals surface area contributed by atoms with E-state index in [0.717, 1.165) is 13.2 Å². The average Bonchev–Trinajstić information content (AvgIpc) is 2.76. The Bertz CT molecular complexity index is 350. The van der Waals surface area contributed by atoms with E-state index in [0.29, 0.717) is 12.0 Å². The van der Waals surface area contributed by atoms with Crippen LogP contribution in [-0.4, -0.2) is 47.5 Å². The summed E-state index contributed by atoms with van der Waals surface area (Å²) in [7, 11) is 3.76. The quantitative estimate of drug-likeness (QED) is 0.797. The van der Waals surface area contributed by atoms with Crippen LogP contribution in [0.2, 0.25) is 0 Å². The number of aryl methyl sites for hydroxylation is 1. The highest BCUT2D eigenvalue weighted by Gasteiger charge is 2.25. The van der Waals surface area contributed by atoms with Crippen LogP contribution in [0.25, 0.3) is 0 Å². The Balaban J connectivity index is 1.97. The smallest absolute Gasteiger partial charge is 0.0668 e. The van der Waals surface area contributed by atoms with Crippen molar-refractivity contribution in [1.82, 2.24) is 14.7 Å². The maximum Gasteiger partial charge on any atom is 0.0668 e. The van der Waals surface area contributed by atoms with Gasteiger partial charge in [-0.15, -0.1) is 0 Å². The summed E-state index contributed by atoms with van der Waals surface area (Å²) < 4.78 is 7.14. The van der Waals surface area contributed by atoms with Crippen molar-refractivity contribution in [2.24, 2.45) is 7.05 Å². The Kier molecular flexibility index (Phi) is 4.18. The van der Waals surface area contributed by atoms with Crippen LogP contribution in [0, 0.1) is 0 Å². The third kappa shape index (κ3) is 3.07. The van der Waals surface area contributed by atoms with Gasteiger partial charge in [0.25, 0.3) is 0 Å². The van der Waals surface area contributed by atoms with Crippen LogP contribution < -0.4 is 0 Å². The first-order chi connectivity index (χ1) is 8.20. The summed E-state index contributed by atoms with van der Waals surface area (Å²) in [5.74, 6) is 0.587. The van der Waals surface area contributed by atoms with Gasteiger partial charge in [0.05, 0.1) is 12.3 Å². The molecule has 17 heavy (non-hydrogen) atoms. The molecule has 2 atom stereocenters. The van der Waals surface area contributed by atoms with E-state index in [-0.39, 0.29) is 0 Å². The van der Waals surface area contributed by atoms with E-state index >= 15 is 0 Å². The van der Waals surface area contributed by atoms with Crippen molar-refractivity contribution in [3.05, 3.63) is 18.0 Å². The molecule has 0 amide bonds. The molecule has 0 saturated carbocycles. The molecule has 2 unspecified atom stereocenters. The minimum absolute atomic E-state index is 0.506. The monoisotopic (exact) mass is 237 g/mol. The normalized spacial score (nSPS) is 23.8. The summed E-state index contributed by atoms with van der Waals surface area (Å²) in [6, 6.07) is 2.65. The number of methoxy groups -OCH3 is 1. The zero-order valence-corrected chi connectivity index (χ0v) is 11.1. The van der Waals surface area contributed by atoms with Crippen molar-refractivity contribution in [2.75, 3.05) is 26.8 Å². The zero-order valence-electron chi connectivity index (χ0n) is 11.1. The molecule has 4 nitrogen and oxygen atoms in total. The number of ether oxygens (including phenoxy) is 1. The minimum Gasteiger partial charge on any atom is -0.383 e. The predicted molar refractivity (Wildman–Crippen MR) is 68.1 cm³/mol. The van der Waals surface area contributed by atoms with Crippen LogP contribution >= 0.6 is 0 Å². The number of likely N-dealkylation sites (tertiary alicyclic amines) is 1. The molecule has 2 rings (SSSR count). The second kappa shape index (κ2) is 5.65. The van der Waals surface area contributed by atoms with E-state index in [2.05, 4.69) is 23.0 Å². The summed E-state index contributed by atoms with van der Waals surface area (Å²) in [4.78, 5) is 2.52. The van der Waals surface area contributed by atoms with E-state index in [1.54, 1.807) is 7.11 Å². The Morgan fingerprint density at radius 3 is 3.06 bits per heavy atom. The molecule has 1 saturated heterocycles. The Morgan fingerprint density at radius 2 is 2.41 bits per heavy atom. The van der Waals surface area contributed by atoms with Gasteiger partial charge >= 0.3 is 0 Å². The maximum absolute atomic E-state index is 5.24. The molecule has 1 aromatic heterocycles. The maximum atomic E-state index is 5.24. The van der Waals surface area contributed by atoms with Gasteiger partial charge in [0.15, 0.2) is 0 Å².